The van der Waals surface area contributed by atoms with Crippen LogP contribution in [0.25, 0.3) is 21.9 Å². The summed E-state index contributed by atoms with van der Waals surface area (Å²) in [5.41, 5.74) is 6.69. The molecule has 0 unspecified atom stereocenters. The molecule has 0 aliphatic rings. The molecule has 0 aliphatic heterocycles. The summed E-state index contributed by atoms with van der Waals surface area (Å²) in [6.07, 6.45) is 1.62. The Morgan fingerprint density at radius 2 is 1.88 bits per heavy atom. The van der Waals surface area contributed by atoms with Gasteiger partial charge in [0.25, 0.3) is 0 Å². The molecule has 0 spiro atoms. The van der Waals surface area contributed by atoms with Crippen molar-refractivity contribution in [2.24, 2.45) is 0 Å². The molecule has 0 saturated carbocycles. The van der Waals surface area contributed by atoms with E-state index in [-0.39, 0.29) is 11.7 Å². The van der Waals surface area contributed by atoms with E-state index in [4.69, 9.17) is 0 Å². The third-order valence-corrected chi connectivity index (χ3v) is 4.86. The molecule has 0 bridgehead atoms. The number of nitrogens with zero attached hydrogens (tertiary/aromatic N) is 3. The molecule has 25 heavy (non-hydrogen) atoms. The van der Waals surface area contributed by atoms with E-state index in [0.717, 1.165) is 32.5 Å². The summed E-state index contributed by atoms with van der Waals surface area (Å²) >= 11 is 1.43. The number of thioether (sulfide) groups is 1. The van der Waals surface area contributed by atoms with Crippen LogP contribution >= 0.6 is 11.8 Å². The average Bonchev–Trinajstić information content (AvgIpc) is 3.03. The van der Waals surface area contributed by atoms with Crippen LogP contribution in [0, 0.1) is 6.92 Å². The molecule has 124 valence electrons. The third-order valence-electron chi connectivity index (χ3n) is 3.95. The maximum Gasteiger partial charge on any atom is 0.249 e. The lowest BCUT2D eigenvalue weighted by Crippen LogP contribution is -2.23. The van der Waals surface area contributed by atoms with Gasteiger partial charge in [-0.2, -0.15) is 0 Å². The fraction of sp³-hybridized carbons (Fsp3) is 0.105. The number of pyridine rings is 1. The SMILES string of the molecule is Cc1cc(SCC(=O)Nn2cnc3ccccc32)nc2ccccc12. The van der Waals surface area contributed by atoms with Crippen molar-refractivity contribution in [2.45, 2.75) is 11.9 Å². The number of aromatic nitrogens is 3. The zero-order valence-electron chi connectivity index (χ0n) is 13.6. The summed E-state index contributed by atoms with van der Waals surface area (Å²) in [5.74, 6) is 0.192. The summed E-state index contributed by atoms with van der Waals surface area (Å²) in [6.45, 7) is 2.06. The molecule has 0 saturated heterocycles. The Bertz CT molecular complexity index is 1070. The molecule has 5 nitrogen and oxygen atoms in total. The molecule has 0 fully saturated rings. The second-order valence-electron chi connectivity index (χ2n) is 5.72. The van der Waals surface area contributed by atoms with Crippen LogP contribution in [0.1, 0.15) is 5.56 Å². The van der Waals surface area contributed by atoms with Crippen LogP contribution in [0.15, 0.2) is 66.0 Å². The van der Waals surface area contributed by atoms with Gasteiger partial charge in [0.1, 0.15) is 6.33 Å². The van der Waals surface area contributed by atoms with E-state index in [1.165, 1.54) is 11.8 Å². The van der Waals surface area contributed by atoms with Gasteiger partial charge in [-0.25, -0.2) is 14.6 Å². The molecule has 2 aromatic carbocycles. The van der Waals surface area contributed by atoms with Crippen LogP contribution in [-0.2, 0) is 4.79 Å². The Morgan fingerprint density at radius 3 is 2.76 bits per heavy atom. The molecule has 2 heterocycles. The van der Waals surface area contributed by atoms with Gasteiger partial charge in [-0.3, -0.25) is 10.2 Å². The second kappa shape index (κ2) is 6.57. The lowest BCUT2D eigenvalue weighted by Gasteiger charge is -2.08. The molecule has 0 radical (unpaired) electrons. The highest BCUT2D eigenvalue weighted by Crippen LogP contribution is 2.23. The fourth-order valence-corrected chi connectivity index (χ4v) is 3.51. The number of amides is 1. The smallest absolute Gasteiger partial charge is 0.249 e. The van der Waals surface area contributed by atoms with Crippen molar-refractivity contribution < 1.29 is 4.79 Å². The lowest BCUT2D eigenvalue weighted by molar-refractivity contribution is -0.114. The van der Waals surface area contributed by atoms with E-state index in [1.807, 2.05) is 48.5 Å². The number of nitrogens with one attached hydrogen (secondary N) is 1. The van der Waals surface area contributed by atoms with Gasteiger partial charge in [0.15, 0.2) is 0 Å². The number of fused-ring (bicyclic) bond motifs is 2. The first-order valence-corrected chi connectivity index (χ1v) is 8.90. The fourth-order valence-electron chi connectivity index (χ4n) is 2.75. The topological polar surface area (TPSA) is 59.8 Å². The minimum absolute atomic E-state index is 0.0965. The number of hydrogen-bond donors (Lipinski definition) is 1. The van der Waals surface area contributed by atoms with E-state index in [1.54, 1.807) is 11.0 Å². The minimum Gasteiger partial charge on any atom is -0.272 e. The van der Waals surface area contributed by atoms with Crippen LogP contribution < -0.4 is 5.43 Å². The van der Waals surface area contributed by atoms with Crippen LogP contribution in [0.5, 0.6) is 0 Å². The Morgan fingerprint density at radius 1 is 1.12 bits per heavy atom. The third kappa shape index (κ3) is 3.21. The van der Waals surface area contributed by atoms with Crippen molar-refractivity contribution in [1.29, 1.82) is 0 Å². The largest absolute Gasteiger partial charge is 0.272 e. The summed E-state index contributed by atoms with van der Waals surface area (Å²) in [4.78, 5) is 21.2. The monoisotopic (exact) mass is 348 g/mol. The van der Waals surface area contributed by atoms with E-state index in [9.17, 15) is 4.79 Å². The van der Waals surface area contributed by atoms with E-state index in [0.29, 0.717) is 0 Å². The number of rotatable bonds is 4. The van der Waals surface area contributed by atoms with Gasteiger partial charge in [0.2, 0.25) is 5.91 Å². The molecule has 6 heteroatoms. The summed E-state index contributed by atoms with van der Waals surface area (Å²) < 4.78 is 1.65. The summed E-state index contributed by atoms with van der Waals surface area (Å²) in [5, 5.41) is 1.99. The predicted molar refractivity (Wildman–Crippen MR) is 101 cm³/mol. The van der Waals surface area contributed by atoms with Gasteiger partial charge < -0.3 is 0 Å². The van der Waals surface area contributed by atoms with Gasteiger partial charge in [-0.05, 0) is 36.8 Å². The Kier molecular flexibility index (Phi) is 4.11. The van der Waals surface area contributed by atoms with Crippen LogP contribution in [0.2, 0.25) is 0 Å². The van der Waals surface area contributed by atoms with Crippen molar-refractivity contribution in [3.05, 3.63) is 66.5 Å². The van der Waals surface area contributed by atoms with Gasteiger partial charge in [0, 0.05) is 5.39 Å². The molecule has 2 aromatic heterocycles. The molecular weight excluding hydrogens is 332 g/mol. The standard InChI is InChI=1S/C19H16N4OS/c1-13-10-19(21-15-7-3-2-6-14(13)15)25-11-18(24)22-23-12-20-16-8-4-5-9-17(16)23/h2-10,12H,11H2,1H3,(H,22,24). The Hall–Kier alpha value is -2.86. The normalized spacial score (nSPS) is 11.1. The average molecular weight is 348 g/mol. The maximum atomic E-state index is 12.3. The second-order valence-corrected chi connectivity index (χ2v) is 6.72. The first-order chi connectivity index (χ1) is 12.2. The highest BCUT2D eigenvalue weighted by Gasteiger charge is 2.08. The van der Waals surface area contributed by atoms with Gasteiger partial charge in [-0.1, -0.05) is 42.1 Å². The van der Waals surface area contributed by atoms with E-state index in [2.05, 4.69) is 28.4 Å². The zero-order valence-corrected chi connectivity index (χ0v) is 14.5. The molecular formula is C19H16N4OS. The Balaban J connectivity index is 1.47. The number of aryl methyl sites for hydroxylation is 1. The Labute approximate surface area is 149 Å². The van der Waals surface area contributed by atoms with Crippen molar-refractivity contribution in [1.82, 2.24) is 14.6 Å². The first-order valence-electron chi connectivity index (χ1n) is 7.92. The van der Waals surface area contributed by atoms with Crippen LogP contribution in [0.4, 0.5) is 0 Å². The number of hydrogen-bond acceptors (Lipinski definition) is 4. The minimum atomic E-state index is -0.0965. The number of para-hydroxylation sites is 3. The molecule has 4 aromatic rings. The van der Waals surface area contributed by atoms with Gasteiger partial charge >= 0.3 is 0 Å². The van der Waals surface area contributed by atoms with Gasteiger partial charge in [-0.15, -0.1) is 0 Å². The van der Waals surface area contributed by atoms with Crippen molar-refractivity contribution >= 4 is 39.6 Å². The van der Waals surface area contributed by atoms with Crippen molar-refractivity contribution in [3.8, 4) is 0 Å². The molecule has 0 aliphatic carbocycles. The van der Waals surface area contributed by atoms with E-state index < -0.39 is 0 Å². The van der Waals surface area contributed by atoms with Crippen molar-refractivity contribution in [2.75, 3.05) is 11.2 Å². The number of benzene rings is 2. The lowest BCUT2D eigenvalue weighted by atomic mass is 10.1. The first kappa shape index (κ1) is 15.7. The van der Waals surface area contributed by atoms with Gasteiger partial charge in [0.05, 0.1) is 27.3 Å². The summed E-state index contributed by atoms with van der Waals surface area (Å²) in [6, 6.07) is 17.7. The zero-order chi connectivity index (χ0) is 17.2. The predicted octanol–water partition coefficient (Wildman–Crippen LogP) is 3.76. The van der Waals surface area contributed by atoms with Crippen LogP contribution in [-0.4, -0.2) is 26.3 Å². The van der Waals surface area contributed by atoms with Crippen LogP contribution in [0.3, 0.4) is 0 Å². The molecule has 1 N–H and O–H groups in total. The molecule has 0 atom stereocenters. The number of carbonyl (C=O) groups excluding carboxylic acids is 1. The highest BCUT2D eigenvalue weighted by molar-refractivity contribution is 7.99. The molecule has 1 amide bonds. The summed E-state index contributed by atoms with van der Waals surface area (Å²) in [7, 11) is 0. The number of carbonyl (C=O) groups is 1. The quantitative estimate of drug-likeness (QED) is 0.571. The molecule has 4 rings (SSSR count). The highest BCUT2D eigenvalue weighted by atomic mass is 32.2. The number of imidazole rings is 1. The van der Waals surface area contributed by atoms with Crippen molar-refractivity contribution in [3.63, 3.8) is 0 Å². The maximum absolute atomic E-state index is 12.3. The van der Waals surface area contributed by atoms with E-state index >= 15 is 0 Å².